The van der Waals surface area contributed by atoms with Gasteiger partial charge in [-0.3, -0.25) is 4.79 Å². The zero-order valence-corrected chi connectivity index (χ0v) is 17.5. The summed E-state index contributed by atoms with van der Waals surface area (Å²) in [5.41, 5.74) is 1.73. The van der Waals surface area contributed by atoms with Gasteiger partial charge in [0.1, 0.15) is 5.75 Å². The maximum atomic E-state index is 12.2. The van der Waals surface area contributed by atoms with Gasteiger partial charge >= 0.3 is 0 Å². The Morgan fingerprint density at radius 3 is 2.96 bits per heavy atom. The van der Waals surface area contributed by atoms with Gasteiger partial charge in [-0.1, -0.05) is 35.2 Å². The normalized spacial score (nSPS) is 10.6. The highest BCUT2D eigenvalue weighted by molar-refractivity contribution is 8.01. The van der Waals surface area contributed by atoms with Crippen molar-refractivity contribution in [3.63, 3.8) is 0 Å². The minimum absolute atomic E-state index is 0.105. The summed E-state index contributed by atoms with van der Waals surface area (Å²) in [5.74, 6) is 0.805. The van der Waals surface area contributed by atoms with E-state index in [0.717, 1.165) is 28.0 Å². The third-order valence-electron chi connectivity index (χ3n) is 3.59. The van der Waals surface area contributed by atoms with Crippen molar-refractivity contribution in [2.24, 2.45) is 0 Å². The van der Waals surface area contributed by atoms with Gasteiger partial charge in [-0.05, 0) is 42.5 Å². The van der Waals surface area contributed by atoms with Crippen LogP contribution in [0.15, 0.2) is 40.1 Å². The Kier molecular flexibility index (Phi) is 7.08. The standard InChI is InChI=1S/C18H20N4O2S3/c1-12-5-6-15(24-2)14(10-12)20-16(23)11-26-18-22-21-17(27-18)19-8-7-13-4-3-9-25-13/h3-6,9-10H,7-8,11H2,1-2H3,(H,19,21)(H,20,23). The molecule has 0 spiro atoms. The van der Waals surface area contributed by atoms with Gasteiger partial charge in [0.2, 0.25) is 11.0 Å². The Labute approximate surface area is 170 Å². The molecule has 6 nitrogen and oxygen atoms in total. The molecule has 3 rings (SSSR count). The van der Waals surface area contributed by atoms with E-state index < -0.39 is 0 Å². The van der Waals surface area contributed by atoms with Crippen LogP contribution in [0, 0.1) is 6.92 Å². The summed E-state index contributed by atoms with van der Waals surface area (Å²) in [7, 11) is 1.59. The first-order valence-corrected chi connectivity index (χ1v) is 11.0. The second kappa shape index (κ2) is 9.72. The van der Waals surface area contributed by atoms with Crippen LogP contribution in [0.5, 0.6) is 5.75 Å². The molecule has 2 aromatic heterocycles. The molecule has 9 heteroatoms. The van der Waals surface area contributed by atoms with Crippen molar-refractivity contribution in [3.05, 3.63) is 46.2 Å². The molecule has 0 saturated carbocycles. The Hall–Kier alpha value is -2.10. The van der Waals surface area contributed by atoms with Crippen molar-refractivity contribution in [2.75, 3.05) is 30.0 Å². The molecule has 2 heterocycles. The second-order valence-corrected chi connectivity index (χ2v) is 8.90. The number of carbonyl (C=O) groups excluding carboxylic acids is 1. The fourth-order valence-electron chi connectivity index (χ4n) is 2.32. The zero-order valence-electron chi connectivity index (χ0n) is 15.0. The molecular weight excluding hydrogens is 400 g/mol. The molecule has 142 valence electrons. The summed E-state index contributed by atoms with van der Waals surface area (Å²) >= 11 is 4.58. The van der Waals surface area contributed by atoms with E-state index >= 15 is 0 Å². The SMILES string of the molecule is COc1ccc(C)cc1NC(=O)CSc1nnc(NCCc2cccs2)s1. The number of anilines is 2. The Balaban J connectivity index is 1.45. The molecule has 0 aliphatic rings. The molecule has 1 aromatic carbocycles. The maximum absolute atomic E-state index is 12.2. The number of nitrogens with one attached hydrogen (secondary N) is 2. The fraction of sp³-hybridized carbons (Fsp3) is 0.278. The van der Waals surface area contributed by atoms with Crippen LogP contribution in [0.2, 0.25) is 0 Å². The van der Waals surface area contributed by atoms with Crippen LogP contribution in [-0.2, 0) is 11.2 Å². The lowest BCUT2D eigenvalue weighted by Gasteiger charge is -2.10. The number of thiophene rings is 1. The van der Waals surface area contributed by atoms with Gasteiger partial charge < -0.3 is 15.4 Å². The van der Waals surface area contributed by atoms with Gasteiger partial charge in [-0.2, -0.15) is 0 Å². The van der Waals surface area contributed by atoms with Crippen LogP contribution in [0.3, 0.4) is 0 Å². The monoisotopic (exact) mass is 420 g/mol. The topological polar surface area (TPSA) is 76.1 Å². The summed E-state index contributed by atoms with van der Waals surface area (Å²) in [5, 5.41) is 17.3. The van der Waals surface area contributed by atoms with Crippen molar-refractivity contribution >= 4 is 51.2 Å². The molecule has 0 aliphatic carbocycles. The predicted molar refractivity (Wildman–Crippen MR) is 114 cm³/mol. The molecule has 3 aromatic rings. The molecule has 0 saturated heterocycles. The molecule has 0 atom stereocenters. The molecule has 0 aliphatic heterocycles. The van der Waals surface area contributed by atoms with Crippen LogP contribution < -0.4 is 15.4 Å². The van der Waals surface area contributed by atoms with Crippen molar-refractivity contribution in [3.8, 4) is 5.75 Å². The summed E-state index contributed by atoms with van der Waals surface area (Å²) in [6.45, 7) is 2.78. The smallest absolute Gasteiger partial charge is 0.234 e. The highest BCUT2D eigenvalue weighted by Gasteiger charge is 2.11. The van der Waals surface area contributed by atoms with Crippen molar-refractivity contribution < 1.29 is 9.53 Å². The minimum atomic E-state index is -0.105. The van der Waals surface area contributed by atoms with Gasteiger partial charge in [0.05, 0.1) is 18.6 Å². The number of carbonyl (C=O) groups is 1. The van der Waals surface area contributed by atoms with E-state index in [1.807, 2.05) is 25.1 Å². The van der Waals surface area contributed by atoms with E-state index in [9.17, 15) is 4.79 Å². The molecule has 0 radical (unpaired) electrons. The van der Waals surface area contributed by atoms with Crippen LogP contribution in [0.4, 0.5) is 10.8 Å². The third-order valence-corrected chi connectivity index (χ3v) is 6.54. The molecule has 27 heavy (non-hydrogen) atoms. The number of benzene rings is 1. The van der Waals surface area contributed by atoms with Crippen LogP contribution >= 0.6 is 34.4 Å². The number of hydrogen-bond donors (Lipinski definition) is 2. The minimum Gasteiger partial charge on any atom is -0.495 e. The number of hydrogen-bond acceptors (Lipinski definition) is 8. The maximum Gasteiger partial charge on any atom is 0.234 e. The highest BCUT2D eigenvalue weighted by Crippen LogP contribution is 2.28. The van der Waals surface area contributed by atoms with E-state index in [1.165, 1.54) is 28.0 Å². The molecule has 2 N–H and O–H groups in total. The van der Waals surface area contributed by atoms with Gasteiger partial charge in [-0.25, -0.2) is 0 Å². The van der Waals surface area contributed by atoms with Crippen LogP contribution in [0.25, 0.3) is 0 Å². The van der Waals surface area contributed by atoms with Gasteiger partial charge in [0.15, 0.2) is 4.34 Å². The van der Waals surface area contributed by atoms with Crippen molar-refractivity contribution in [2.45, 2.75) is 17.7 Å². The average Bonchev–Trinajstić information content (AvgIpc) is 3.32. The Bertz CT molecular complexity index is 881. The lowest BCUT2D eigenvalue weighted by atomic mass is 10.2. The van der Waals surface area contributed by atoms with Gasteiger partial charge in [-0.15, -0.1) is 21.5 Å². The third kappa shape index (κ3) is 5.95. The molecule has 0 unspecified atom stereocenters. The largest absolute Gasteiger partial charge is 0.495 e. The second-order valence-electron chi connectivity index (χ2n) is 5.67. The molecular formula is C18H20N4O2S3. The van der Waals surface area contributed by atoms with Crippen molar-refractivity contribution in [1.29, 1.82) is 0 Å². The summed E-state index contributed by atoms with van der Waals surface area (Å²) in [4.78, 5) is 13.6. The van der Waals surface area contributed by atoms with E-state index in [2.05, 4.69) is 38.3 Å². The first-order valence-electron chi connectivity index (χ1n) is 8.31. The Morgan fingerprint density at radius 1 is 1.30 bits per heavy atom. The molecule has 0 fully saturated rings. The van der Waals surface area contributed by atoms with E-state index in [1.54, 1.807) is 18.4 Å². The number of rotatable bonds is 9. The van der Waals surface area contributed by atoms with Crippen LogP contribution in [-0.4, -0.2) is 35.5 Å². The van der Waals surface area contributed by atoms with Crippen LogP contribution in [0.1, 0.15) is 10.4 Å². The van der Waals surface area contributed by atoms with Crippen molar-refractivity contribution in [1.82, 2.24) is 10.2 Å². The number of aryl methyl sites for hydroxylation is 1. The Morgan fingerprint density at radius 2 is 2.19 bits per heavy atom. The van der Waals surface area contributed by atoms with E-state index in [-0.39, 0.29) is 11.7 Å². The predicted octanol–water partition coefficient (Wildman–Crippen LogP) is 4.30. The highest BCUT2D eigenvalue weighted by atomic mass is 32.2. The average molecular weight is 421 g/mol. The summed E-state index contributed by atoms with van der Waals surface area (Å²) in [6.07, 6.45) is 0.959. The van der Waals surface area contributed by atoms with E-state index in [4.69, 9.17) is 4.74 Å². The van der Waals surface area contributed by atoms with Gasteiger partial charge in [0, 0.05) is 11.4 Å². The zero-order chi connectivity index (χ0) is 19.1. The number of aromatic nitrogens is 2. The number of nitrogens with zero attached hydrogens (tertiary/aromatic N) is 2. The number of amides is 1. The molecule has 1 amide bonds. The fourth-order valence-corrected chi connectivity index (χ4v) is 4.61. The number of thioether (sulfide) groups is 1. The molecule has 0 bridgehead atoms. The lowest BCUT2D eigenvalue weighted by Crippen LogP contribution is -2.14. The first kappa shape index (κ1) is 19.7. The van der Waals surface area contributed by atoms with E-state index in [0.29, 0.717) is 11.4 Å². The lowest BCUT2D eigenvalue weighted by molar-refractivity contribution is -0.113. The summed E-state index contributed by atoms with van der Waals surface area (Å²) < 4.78 is 6.05. The number of ether oxygens (including phenoxy) is 1. The number of methoxy groups -OCH3 is 1. The first-order chi connectivity index (χ1) is 13.1. The summed E-state index contributed by atoms with van der Waals surface area (Å²) in [6, 6.07) is 9.85. The van der Waals surface area contributed by atoms with Gasteiger partial charge in [0.25, 0.3) is 0 Å². The quantitative estimate of drug-likeness (QED) is 0.503.